The van der Waals surface area contributed by atoms with Crippen LogP contribution in [0.15, 0.2) is 18.2 Å². The molecule has 0 amide bonds. The number of benzene rings is 1. The van der Waals surface area contributed by atoms with Crippen molar-refractivity contribution in [1.29, 1.82) is 0 Å². The second-order valence-corrected chi connectivity index (χ2v) is 5.05. The minimum atomic E-state index is -1.21. The molecule has 1 aliphatic carbocycles. The molecule has 19 heavy (non-hydrogen) atoms. The van der Waals surface area contributed by atoms with Crippen molar-refractivity contribution in [3.05, 3.63) is 29.6 Å². The van der Waals surface area contributed by atoms with E-state index in [0.29, 0.717) is 12.8 Å². The van der Waals surface area contributed by atoms with E-state index in [-0.39, 0.29) is 17.9 Å². The van der Waals surface area contributed by atoms with Gasteiger partial charge in [0, 0.05) is 6.07 Å². The highest BCUT2D eigenvalue weighted by Gasteiger charge is 2.30. The average molecular weight is 268 g/mol. The van der Waals surface area contributed by atoms with Crippen molar-refractivity contribution in [2.24, 2.45) is 0 Å². The van der Waals surface area contributed by atoms with Gasteiger partial charge >= 0.3 is 5.97 Å². The summed E-state index contributed by atoms with van der Waals surface area (Å²) >= 11 is 0. The Bertz CT molecular complexity index is 467. The number of aliphatic hydroxyl groups is 1. The second-order valence-electron chi connectivity index (χ2n) is 5.05. The molecule has 2 N–H and O–H groups in total. The molecule has 0 atom stereocenters. The highest BCUT2D eigenvalue weighted by molar-refractivity contribution is 5.88. The van der Waals surface area contributed by atoms with Crippen molar-refractivity contribution in [1.82, 2.24) is 0 Å². The fraction of sp³-hybridized carbons (Fsp3) is 0.500. The number of carboxylic acids is 1. The monoisotopic (exact) mass is 268 g/mol. The molecule has 0 aromatic heterocycles. The predicted molar refractivity (Wildman–Crippen MR) is 66.9 cm³/mol. The first-order valence-electron chi connectivity index (χ1n) is 6.38. The van der Waals surface area contributed by atoms with Crippen molar-refractivity contribution in [3.63, 3.8) is 0 Å². The molecule has 0 heterocycles. The Morgan fingerprint density at radius 3 is 2.58 bits per heavy atom. The third kappa shape index (κ3) is 3.67. The van der Waals surface area contributed by atoms with Gasteiger partial charge in [-0.2, -0.15) is 0 Å². The number of halogens is 1. The van der Waals surface area contributed by atoms with Crippen LogP contribution in [0.3, 0.4) is 0 Å². The first-order chi connectivity index (χ1) is 8.98. The maximum atomic E-state index is 13.2. The minimum Gasteiger partial charge on any atom is -0.490 e. The Labute approximate surface area is 110 Å². The largest absolute Gasteiger partial charge is 0.490 e. The zero-order chi connectivity index (χ0) is 13.9. The number of hydrogen-bond donors (Lipinski definition) is 2. The van der Waals surface area contributed by atoms with Crippen LogP contribution in [0.5, 0.6) is 5.75 Å². The quantitative estimate of drug-likeness (QED) is 0.880. The molecule has 0 saturated heterocycles. The average Bonchev–Trinajstić information content (AvgIpc) is 2.37. The molecule has 5 heteroatoms. The third-order valence-corrected chi connectivity index (χ3v) is 3.41. The normalized spacial score (nSPS) is 18.0. The van der Waals surface area contributed by atoms with Gasteiger partial charge in [-0.05, 0) is 25.0 Å². The summed E-state index contributed by atoms with van der Waals surface area (Å²) in [7, 11) is 0. The van der Waals surface area contributed by atoms with Gasteiger partial charge in [-0.15, -0.1) is 0 Å². The van der Waals surface area contributed by atoms with E-state index in [9.17, 15) is 14.3 Å². The van der Waals surface area contributed by atoms with E-state index in [0.717, 1.165) is 31.4 Å². The van der Waals surface area contributed by atoms with Gasteiger partial charge in [-0.1, -0.05) is 19.3 Å². The molecule has 0 unspecified atom stereocenters. The first kappa shape index (κ1) is 13.8. The van der Waals surface area contributed by atoms with Gasteiger partial charge < -0.3 is 14.9 Å². The molecule has 1 fully saturated rings. The summed E-state index contributed by atoms with van der Waals surface area (Å²) in [6.45, 7) is 0.0650. The zero-order valence-corrected chi connectivity index (χ0v) is 10.6. The van der Waals surface area contributed by atoms with Gasteiger partial charge in [-0.25, -0.2) is 9.18 Å². The third-order valence-electron chi connectivity index (χ3n) is 3.41. The highest BCUT2D eigenvalue weighted by Crippen LogP contribution is 2.29. The maximum Gasteiger partial charge on any atom is 0.335 e. The van der Waals surface area contributed by atoms with E-state index in [1.165, 1.54) is 6.07 Å². The number of ether oxygens (including phenoxy) is 1. The highest BCUT2D eigenvalue weighted by atomic mass is 19.1. The molecule has 0 aliphatic heterocycles. The Hall–Kier alpha value is -1.62. The molecule has 1 saturated carbocycles. The van der Waals surface area contributed by atoms with Gasteiger partial charge in [-0.3, -0.25) is 0 Å². The molecule has 1 aliphatic rings. The maximum absolute atomic E-state index is 13.2. The van der Waals surface area contributed by atoms with Gasteiger partial charge in [0.15, 0.2) is 0 Å². The SMILES string of the molecule is O=C(O)c1cc(F)cc(OCC2(O)CCCCC2)c1. The second kappa shape index (κ2) is 5.57. The Morgan fingerprint density at radius 1 is 1.26 bits per heavy atom. The van der Waals surface area contributed by atoms with Crippen LogP contribution in [0.25, 0.3) is 0 Å². The number of rotatable bonds is 4. The number of hydrogen-bond acceptors (Lipinski definition) is 3. The molecule has 4 nitrogen and oxygen atoms in total. The lowest BCUT2D eigenvalue weighted by Gasteiger charge is -2.31. The van der Waals surface area contributed by atoms with E-state index in [1.54, 1.807) is 0 Å². The number of carbonyl (C=O) groups is 1. The lowest BCUT2D eigenvalue weighted by atomic mass is 9.85. The van der Waals surface area contributed by atoms with Crippen molar-refractivity contribution in [3.8, 4) is 5.75 Å². The number of aromatic carboxylic acids is 1. The zero-order valence-electron chi connectivity index (χ0n) is 10.6. The lowest BCUT2D eigenvalue weighted by Crippen LogP contribution is -2.37. The van der Waals surface area contributed by atoms with Crippen LogP contribution >= 0.6 is 0 Å². The van der Waals surface area contributed by atoms with Crippen molar-refractivity contribution in [2.75, 3.05) is 6.61 Å². The van der Waals surface area contributed by atoms with Crippen LogP contribution in [-0.4, -0.2) is 28.4 Å². The van der Waals surface area contributed by atoms with Crippen LogP contribution in [0, 0.1) is 5.82 Å². The van der Waals surface area contributed by atoms with Gasteiger partial charge in [0.2, 0.25) is 0 Å². The molecule has 0 radical (unpaired) electrons. The standard InChI is InChI=1S/C14H17FO4/c15-11-6-10(13(16)17)7-12(8-11)19-9-14(18)4-2-1-3-5-14/h6-8,18H,1-5,9H2,(H,16,17). The Kier molecular flexibility index (Phi) is 4.04. The summed E-state index contributed by atoms with van der Waals surface area (Å²) in [6, 6.07) is 3.32. The Morgan fingerprint density at radius 2 is 1.95 bits per heavy atom. The summed E-state index contributed by atoms with van der Waals surface area (Å²) < 4.78 is 18.6. The van der Waals surface area contributed by atoms with Crippen LogP contribution in [0.1, 0.15) is 42.5 Å². The molecule has 104 valence electrons. The summed E-state index contributed by atoms with van der Waals surface area (Å²) in [6.07, 6.45) is 4.32. The minimum absolute atomic E-state index is 0.0650. The van der Waals surface area contributed by atoms with Gasteiger partial charge in [0.05, 0.1) is 11.2 Å². The Balaban J connectivity index is 2.04. The molecular formula is C14H17FO4. The van der Waals surface area contributed by atoms with E-state index in [4.69, 9.17) is 9.84 Å². The lowest BCUT2D eigenvalue weighted by molar-refractivity contribution is -0.0339. The topological polar surface area (TPSA) is 66.8 Å². The summed E-state index contributed by atoms with van der Waals surface area (Å²) in [5, 5.41) is 19.1. The summed E-state index contributed by atoms with van der Waals surface area (Å²) in [5.41, 5.74) is -1.04. The fourth-order valence-corrected chi connectivity index (χ4v) is 2.34. The smallest absolute Gasteiger partial charge is 0.335 e. The van der Waals surface area contributed by atoms with Crippen molar-refractivity contribution >= 4 is 5.97 Å². The molecule has 1 aromatic rings. The van der Waals surface area contributed by atoms with Crippen LogP contribution < -0.4 is 4.74 Å². The molecule has 1 aromatic carbocycles. The first-order valence-corrected chi connectivity index (χ1v) is 6.38. The predicted octanol–water partition coefficient (Wildman–Crippen LogP) is 2.60. The van der Waals surface area contributed by atoms with Crippen molar-refractivity contribution < 1.29 is 24.1 Å². The van der Waals surface area contributed by atoms with Crippen molar-refractivity contribution in [2.45, 2.75) is 37.7 Å². The van der Waals surface area contributed by atoms with Crippen LogP contribution in [0.2, 0.25) is 0 Å². The van der Waals surface area contributed by atoms with E-state index in [2.05, 4.69) is 0 Å². The summed E-state index contributed by atoms with van der Waals surface area (Å²) in [5.74, 6) is -1.73. The van der Waals surface area contributed by atoms with E-state index in [1.807, 2.05) is 0 Å². The fourth-order valence-electron chi connectivity index (χ4n) is 2.34. The summed E-state index contributed by atoms with van der Waals surface area (Å²) in [4.78, 5) is 10.8. The van der Waals surface area contributed by atoms with Gasteiger partial charge in [0.25, 0.3) is 0 Å². The molecular weight excluding hydrogens is 251 g/mol. The molecule has 0 bridgehead atoms. The number of carboxylic acid groups (broad SMARTS) is 1. The van der Waals surface area contributed by atoms with Crippen LogP contribution in [0.4, 0.5) is 4.39 Å². The van der Waals surface area contributed by atoms with Crippen LogP contribution in [-0.2, 0) is 0 Å². The van der Waals surface area contributed by atoms with E-state index >= 15 is 0 Å². The van der Waals surface area contributed by atoms with E-state index < -0.39 is 17.4 Å². The molecule has 0 spiro atoms. The molecule has 2 rings (SSSR count). The van der Waals surface area contributed by atoms with Gasteiger partial charge in [0.1, 0.15) is 18.2 Å².